The van der Waals surface area contributed by atoms with Gasteiger partial charge in [0.25, 0.3) is 0 Å². The molecule has 0 amide bonds. The SMILES string of the molecule is CC(C)(C)c1cc2ccccc2cc1O.CCc1cc(C(C)(C)C)c(OC)cc1Cl. The Morgan fingerprint density at radius 2 is 1.37 bits per heavy atom. The third kappa shape index (κ3) is 5.70. The van der Waals surface area contributed by atoms with Crippen molar-refractivity contribution in [3.05, 3.63) is 70.2 Å². The molecule has 0 aliphatic rings. The highest BCUT2D eigenvalue weighted by Gasteiger charge is 2.20. The Morgan fingerprint density at radius 3 is 1.83 bits per heavy atom. The number of hydrogen-bond acceptors (Lipinski definition) is 2. The van der Waals surface area contributed by atoms with Crippen molar-refractivity contribution in [3.8, 4) is 11.5 Å². The minimum absolute atomic E-state index is 0.0197. The van der Waals surface area contributed by atoms with Gasteiger partial charge in [0.15, 0.2) is 0 Å². The maximum atomic E-state index is 9.94. The molecule has 0 spiro atoms. The Morgan fingerprint density at radius 1 is 0.833 bits per heavy atom. The molecular weight excluding hydrogens is 392 g/mol. The van der Waals surface area contributed by atoms with Gasteiger partial charge in [0.2, 0.25) is 0 Å². The molecule has 30 heavy (non-hydrogen) atoms. The number of aryl methyl sites for hydroxylation is 1. The van der Waals surface area contributed by atoms with Crippen LogP contribution in [-0.2, 0) is 17.3 Å². The van der Waals surface area contributed by atoms with E-state index in [1.807, 2.05) is 30.3 Å². The Balaban J connectivity index is 0.000000214. The normalized spacial score (nSPS) is 11.8. The van der Waals surface area contributed by atoms with E-state index in [4.69, 9.17) is 16.3 Å². The molecule has 0 bridgehead atoms. The van der Waals surface area contributed by atoms with Gasteiger partial charge in [-0.2, -0.15) is 0 Å². The summed E-state index contributed by atoms with van der Waals surface area (Å²) in [6.07, 6.45) is 0.950. The first-order valence-electron chi connectivity index (χ1n) is 10.5. The lowest BCUT2D eigenvalue weighted by Gasteiger charge is -2.23. The molecule has 3 heteroatoms. The molecule has 3 aromatic carbocycles. The monoisotopic (exact) mass is 426 g/mol. The number of hydrogen-bond donors (Lipinski definition) is 1. The second kappa shape index (κ2) is 9.31. The smallest absolute Gasteiger partial charge is 0.124 e. The molecule has 0 fully saturated rings. The van der Waals surface area contributed by atoms with E-state index < -0.39 is 0 Å². The quantitative estimate of drug-likeness (QED) is 0.449. The van der Waals surface area contributed by atoms with Crippen molar-refractivity contribution in [2.45, 2.75) is 65.7 Å². The lowest BCUT2D eigenvalue weighted by atomic mass is 9.85. The molecule has 3 rings (SSSR count). The zero-order chi connectivity index (χ0) is 22.7. The number of phenolic OH excluding ortho intramolecular Hbond substituents is 1. The van der Waals surface area contributed by atoms with Crippen molar-refractivity contribution >= 4 is 22.4 Å². The van der Waals surface area contributed by atoms with E-state index in [1.54, 1.807) is 7.11 Å². The van der Waals surface area contributed by atoms with Crippen LogP contribution in [-0.4, -0.2) is 12.2 Å². The molecule has 0 saturated carbocycles. The summed E-state index contributed by atoms with van der Waals surface area (Å²) < 4.78 is 5.37. The standard InChI is InChI=1S/C14H16O.C13H19ClO/c1-14(2,3)12-8-10-6-4-5-7-11(10)9-13(12)15;1-6-9-7-10(13(2,3)4)12(15-5)8-11(9)14/h4-9,15H,1-3H3;7-8H,6H2,1-5H3. The van der Waals surface area contributed by atoms with E-state index in [9.17, 15) is 5.11 Å². The van der Waals surface area contributed by atoms with Gasteiger partial charge >= 0.3 is 0 Å². The Bertz CT molecular complexity index is 1010. The molecule has 1 N–H and O–H groups in total. The highest BCUT2D eigenvalue weighted by Crippen LogP contribution is 2.36. The summed E-state index contributed by atoms with van der Waals surface area (Å²) in [5, 5.41) is 13.0. The molecule has 0 heterocycles. The molecule has 0 aliphatic heterocycles. The fourth-order valence-corrected chi connectivity index (χ4v) is 3.74. The number of aromatic hydroxyl groups is 1. The first-order chi connectivity index (χ1) is 13.9. The van der Waals surface area contributed by atoms with E-state index in [2.05, 4.69) is 66.7 Å². The van der Waals surface area contributed by atoms with Crippen LogP contribution in [0.4, 0.5) is 0 Å². The van der Waals surface area contributed by atoms with Crippen molar-refractivity contribution in [3.63, 3.8) is 0 Å². The van der Waals surface area contributed by atoms with Crippen LogP contribution in [0.5, 0.6) is 11.5 Å². The average Bonchev–Trinajstić information content (AvgIpc) is 2.65. The summed E-state index contributed by atoms with van der Waals surface area (Å²) in [5.74, 6) is 1.27. The number of phenols is 1. The lowest BCUT2D eigenvalue weighted by molar-refractivity contribution is 0.397. The van der Waals surface area contributed by atoms with Gasteiger partial charge in [-0.25, -0.2) is 0 Å². The molecule has 0 atom stereocenters. The van der Waals surface area contributed by atoms with Crippen molar-refractivity contribution in [2.24, 2.45) is 0 Å². The predicted octanol–water partition coefficient (Wildman–Crippen LogP) is 8.05. The van der Waals surface area contributed by atoms with E-state index in [-0.39, 0.29) is 10.8 Å². The van der Waals surface area contributed by atoms with E-state index in [1.165, 1.54) is 16.5 Å². The average molecular weight is 427 g/mol. The highest BCUT2D eigenvalue weighted by atomic mass is 35.5. The minimum Gasteiger partial charge on any atom is -0.508 e. The van der Waals surface area contributed by atoms with Crippen molar-refractivity contribution in [2.75, 3.05) is 7.11 Å². The van der Waals surface area contributed by atoms with Crippen LogP contribution in [0, 0.1) is 0 Å². The van der Waals surface area contributed by atoms with Gasteiger partial charge in [0.1, 0.15) is 11.5 Å². The number of methoxy groups -OCH3 is 1. The number of ether oxygens (including phenoxy) is 1. The zero-order valence-corrected chi connectivity index (χ0v) is 20.3. The molecule has 0 unspecified atom stereocenters. The van der Waals surface area contributed by atoms with Crippen LogP contribution in [0.2, 0.25) is 5.02 Å². The first kappa shape index (κ1) is 24.1. The number of halogens is 1. The van der Waals surface area contributed by atoms with Gasteiger partial charge in [-0.15, -0.1) is 0 Å². The van der Waals surface area contributed by atoms with E-state index in [0.717, 1.165) is 28.1 Å². The summed E-state index contributed by atoms with van der Waals surface area (Å²) in [5.41, 5.74) is 3.46. The van der Waals surface area contributed by atoms with Gasteiger partial charge in [0, 0.05) is 5.02 Å². The van der Waals surface area contributed by atoms with Gasteiger partial charge in [-0.05, 0) is 62.9 Å². The third-order valence-corrected chi connectivity index (χ3v) is 5.58. The zero-order valence-electron chi connectivity index (χ0n) is 19.6. The summed E-state index contributed by atoms with van der Waals surface area (Å²) in [6.45, 7) is 15.0. The largest absolute Gasteiger partial charge is 0.508 e. The minimum atomic E-state index is -0.0197. The molecule has 0 saturated heterocycles. The number of benzene rings is 3. The van der Waals surface area contributed by atoms with E-state index >= 15 is 0 Å². The fraction of sp³-hybridized carbons (Fsp3) is 0.407. The van der Waals surface area contributed by atoms with Gasteiger partial charge in [-0.1, -0.05) is 90.4 Å². The van der Waals surface area contributed by atoms with Crippen molar-refractivity contribution < 1.29 is 9.84 Å². The summed E-state index contributed by atoms with van der Waals surface area (Å²) >= 11 is 6.15. The third-order valence-electron chi connectivity index (χ3n) is 5.23. The maximum absolute atomic E-state index is 9.94. The van der Waals surface area contributed by atoms with Gasteiger partial charge in [-0.3, -0.25) is 0 Å². The number of rotatable bonds is 2. The van der Waals surface area contributed by atoms with Crippen LogP contribution in [0.3, 0.4) is 0 Å². The Labute approximate surface area is 186 Å². The van der Waals surface area contributed by atoms with Crippen LogP contribution in [0.25, 0.3) is 10.8 Å². The van der Waals surface area contributed by atoms with E-state index in [0.29, 0.717) is 5.75 Å². The van der Waals surface area contributed by atoms with Crippen LogP contribution >= 0.6 is 11.6 Å². The van der Waals surface area contributed by atoms with Crippen LogP contribution in [0.15, 0.2) is 48.5 Å². The summed E-state index contributed by atoms with van der Waals surface area (Å²) in [7, 11) is 1.69. The highest BCUT2D eigenvalue weighted by molar-refractivity contribution is 6.31. The summed E-state index contributed by atoms with van der Waals surface area (Å²) in [4.78, 5) is 0. The first-order valence-corrected chi connectivity index (χ1v) is 10.9. The molecule has 0 aromatic heterocycles. The second-order valence-corrected chi connectivity index (χ2v) is 10.1. The maximum Gasteiger partial charge on any atom is 0.124 e. The van der Waals surface area contributed by atoms with Gasteiger partial charge in [0.05, 0.1) is 7.11 Å². The lowest BCUT2D eigenvalue weighted by Crippen LogP contribution is -2.13. The van der Waals surface area contributed by atoms with Crippen LogP contribution < -0.4 is 4.74 Å². The Kier molecular flexibility index (Phi) is 7.47. The van der Waals surface area contributed by atoms with Crippen LogP contribution in [0.1, 0.15) is 65.2 Å². The molecule has 0 radical (unpaired) electrons. The molecular formula is C27H35ClO2. The molecule has 162 valence electrons. The molecule has 0 aliphatic carbocycles. The summed E-state index contributed by atoms with van der Waals surface area (Å²) in [6, 6.07) is 16.1. The fourth-order valence-electron chi connectivity index (χ4n) is 3.45. The predicted molar refractivity (Wildman–Crippen MR) is 130 cm³/mol. The topological polar surface area (TPSA) is 29.5 Å². The number of fused-ring (bicyclic) bond motifs is 1. The molecule has 3 aromatic rings. The Hall–Kier alpha value is -2.19. The van der Waals surface area contributed by atoms with Crippen molar-refractivity contribution in [1.29, 1.82) is 0 Å². The van der Waals surface area contributed by atoms with Crippen molar-refractivity contribution in [1.82, 2.24) is 0 Å². The van der Waals surface area contributed by atoms with Gasteiger partial charge < -0.3 is 9.84 Å². The second-order valence-electron chi connectivity index (χ2n) is 9.71. The molecule has 2 nitrogen and oxygen atoms in total.